The van der Waals surface area contributed by atoms with Crippen molar-refractivity contribution in [3.8, 4) is 0 Å². The molecule has 3 nitrogen and oxygen atoms in total. The second kappa shape index (κ2) is 4.33. The number of benzene rings is 1. The Morgan fingerprint density at radius 3 is 2.71 bits per heavy atom. The number of quaternary nitrogens is 1. The van der Waals surface area contributed by atoms with Crippen molar-refractivity contribution < 1.29 is 4.65 Å². The highest BCUT2D eigenvalue weighted by Crippen LogP contribution is 2.26. The summed E-state index contributed by atoms with van der Waals surface area (Å²) in [6.07, 6.45) is 0.767. The van der Waals surface area contributed by atoms with Crippen molar-refractivity contribution in [2.75, 3.05) is 20.6 Å². The maximum absolute atomic E-state index is 11.6. The van der Waals surface area contributed by atoms with Crippen LogP contribution in [-0.2, 0) is 6.42 Å². The summed E-state index contributed by atoms with van der Waals surface area (Å²) in [5.41, 5.74) is 3.40. The van der Waals surface area contributed by atoms with E-state index in [1.165, 1.54) is 5.56 Å². The van der Waals surface area contributed by atoms with Crippen LogP contribution in [0.15, 0.2) is 18.2 Å². The molecule has 1 aromatic heterocycles. The highest BCUT2D eigenvalue weighted by molar-refractivity contribution is 6.31. The molecule has 0 amide bonds. The molecule has 2 rings (SSSR count). The minimum absolute atomic E-state index is 0.271. The molecule has 0 radical (unpaired) electrons. The first-order valence-electron chi connectivity index (χ1n) is 5.67. The van der Waals surface area contributed by atoms with Crippen LogP contribution in [0.1, 0.15) is 11.3 Å². The smallest absolute Gasteiger partial charge is 0.0821 e. The first-order valence-corrected chi connectivity index (χ1v) is 6.05. The summed E-state index contributed by atoms with van der Waals surface area (Å²) < 4.78 is -0.271. The van der Waals surface area contributed by atoms with Crippen molar-refractivity contribution in [1.82, 2.24) is 4.98 Å². The van der Waals surface area contributed by atoms with E-state index in [0.29, 0.717) is 6.54 Å². The van der Waals surface area contributed by atoms with Crippen LogP contribution in [0.5, 0.6) is 0 Å². The van der Waals surface area contributed by atoms with Crippen LogP contribution in [0.4, 0.5) is 0 Å². The van der Waals surface area contributed by atoms with Crippen molar-refractivity contribution in [2.24, 2.45) is 0 Å². The number of aryl methyl sites for hydroxylation is 1. The molecule has 0 saturated heterocycles. The standard InChI is InChI=1S/C13H17ClN2O/c1-9-11(6-7-16(2,3)17)12-8-10(14)4-5-13(12)15-9/h4-5,8,15H,6-7H2,1-3H3. The molecule has 0 fully saturated rings. The molecule has 0 unspecified atom stereocenters. The number of halogens is 1. The molecule has 0 aliphatic heterocycles. The molecule has 1 heterocycles. The normalized spacial score (nSPS) is 12.3. The van der Waals surface area contributed by atoms with Gasteiger partial charge in [0.25, 0.3) is 0 Å². The van der Waals surface area contributed by atoms with E-state index in [4.69, 9.17) is 11.6 Å². The van der Waals surface area contributed by atoms with Gasteiger partial charge in [-0.1, -0.05) is 11.6 Å². The fourth-order valence-electron chi connectivity index (χ4n) is 2.06. The molecule has 17 heavy (non-hydrogen) atoms. The number of aromatic amines is 1. The van der Waals surface area contributed by atoms with E-state index in [1.807, 2.05) is 25.1 Å². The Kier molecular flexibility index (Phi) is 3.17. The van der Waals surface area contributed by atoms with Gasteiger partial charge in [0.05, 0.1) is 20.6 Å². The lowest BCUT2D eigenvalue weighted by Gasteiger charge is -2.33. The lowest BCUT2D eigenvalue weighted by molar-refractivity contribution is -0.839. The average Bonchev–Trinajstić information content (AvgIpc) is 2.49. The summed E-state index contributed by atoms with van der Waals surface area (Å²) in [5.74, 6) is 0. The molecule has 0 bridgehead atoms. The molecule has 0 atom stereocenters. The zero-order valence-corrected chi connectivity index (χ0v) is 11.1. The Labute approximate surface area is 106 Å². The highest BCUT2D eigenvalue weighted by Gasteiger charge is 2.11. The monoisotopic (exact) mass is 252 g/mol. The van der Waals surface area contributed by atoms with Gasteiger partial charge in [-0.25, -0.2) is 0 Å². The minimum atomic E-state index is -0.271. The molecular weight excluding hydrogens is 236 g/mol. The van der Waals surface area contributed by atoms with E-state index >= 15 is 0 Å². The van der Waals surface area contributed by atoms with Crippen LogP contribution in [-0.4, -0.2) is 30.3 Å². The van der Waals surface area contributed by atoms with Crippen molar-refractivity contribution in [1.29, 1.82) is 0 Å². The van der Waals surface area contributed by atoms with Gasteiger partial charge in [-0.3, -0.25) is 0 Å². The Bertz CT molecular complexity index is 540. The summed E-state index contributed by atoms with van der Waals surface area (Å²) in [4.78, 5) is 3.32. The summed E-state index contributed by atoms with van der Waals surface area (Å²) in [7, 11) is 3.33. The number of rotatable bonds is 3. The third kappa shape index (κ3) is 2.80. The number of likely N-dealkylation sites (N-methyl/N-ethyl adjacent to an activating group) is 1. The number of hydroxylamine groups is 3. The fraction of sp³-hybridized carbons (Fsp3) is 0.385. The Balaban J connectivity index is 2.38. The third-order valence-corrected chi connectivity index (χ3v) is 3.22. The topological polar surface area (TPSA) is 38.8 Å². The number of fused-ring (bicyclic) bond motifs is 1. The Hall–Kier alpha value is -1.03. The highest BCUT2D eigenvalue weighted by atomic mass is 35.5. The van der Waals surface area contributed by atoms with Crippen LogP contribution in [0.3, 0.4) is 0 Å². The predicted molar refractivity (Wildman–Crippen MR) is 72.1 cm³/mol. The summed E-state index contributed by atoms with van der Waals surface area (Å²) >= 11 is 6.01. The molecule has 0 aliphatic carbocycles. The van der Waals surface area contributed by atoms with E-state index < -0.39 is 0 Å². The third-order valence-electron chi connectivity index (χ3n) is 2.98. The minimum Gasteiger partial charge on any atom is -0.633 e. The van der Waals surface area contributed by atoms with Crippen LogP contribution in [0.25, 0.3) is 10.9 Å². The lowest BCUT2D eigenvalue weighted by Crippen LogP contribution is -2.34. The molecular formula is C13H17ClN2O. The Morgan fingerprint density at radius 1 is 1.35 bits per heavy atom. The average molecular weight is 253 g/mol. The maximum atomic E-state index is 11.6. The molecule has 0 aliphatic rings. The van der Waals surface area contributed by atoms with Crippen molar-refractivity contribution in [2.45, 2.75) is 13.3 Å². The lowest BCUT2D eigenvalue weighted by atomic mass is 10.1. The van der Waals surface area contributed by atoms with E-state index in [1.54, 1.807) is 14.1 Å². The number of H-pyrrole nitrogens is 1. The maximum Gasteiger partial charge on any atom is 0.0821 e. The molecule has 0 saturated carbocycles. The molecule has 1 aromatic carbocycles. The number of hydrogen-bond acceptors (Lipinski definition) is 1. The summed E-state index contributed by atoms with van der Waals surface area (Å²) in [5, 5.41) is 13.5. The number of nitrogens with zero attached hydrogens (tertiary/aromatic N) is 1. The van der Waals surface area contributed by atoms with Gasteiger partial charge in [0.2, 0.25) is 0 Å². The van der Waals surface area contributed by atoms with Crippen LogP contribution in [0, 0.1) is 12.1 Å². The van der Waals surface area contributed by atoms with Gasteiger partial charge in [-0.2, -0.15) is 0 Å². The van der Waals surface area contributed by atoms with E-state index in [9.17, 15) is 5.21 Å². The van der Waals surface area contributed by atoms with Gasteiger partial charge in [-0.15, -0.1) is 0 Å². The van der Waals surface area contributed by atoms with Crippen molar-refractivity contribution in [3.05, 3.63) is 39.7 Å². The SMILES string of the molecule is Cc1[nH]c2ccc(Cl)cc2c1CC[N+](C)(C)[O-]. The molecule has 1 N–H and O–H groups in total. The number of hydrogen-bond donors (Lipinski definition) is 1. The van der Waals surface area contributed by atoms with Gasteiger partial charge in [0.1, 0.15) is 0 Å². The van der Waals surface area contributed by atoms with Crippen LogP contribution < -0.4 is 0 Å². The van der Waals surface area contributed by atoms with Gasteiger partial charge < -0.3 is 14.8 Å². The molecule has 4 heteroatoms. The van der Waals surface area contributed by atoms with Gasteiger partial charge in [0, 0.05) is 28.0 Å². The quantitative estimate of drug-likeness (QED) is 0.661. The van der Waals surface area contributed by atoms with Crippen LogP contribution >= 0.6 is 11.6 Å². The second-order valence-electron chi connectivity index (χ2n) is 4.97. The Morgan fingerprint density at radius 2 is 2.06 bits per heavy atom. The molecule has 92 valence electrons. The van der Waals surface area contributed by atoms with Gasteiger partial charge in [-0.05, 0) is 30.7 Å². The number of nitrogens with one attached hydrogen (secondary N) is 1. The number of aromatic nitrogens is 1. The zero-order chi connectivity index (χ0) is 12.6. The van der Waals surface area contributed by atoms with Crippen molar-refractivity contribution >= 4 is 22.5 Å². The largest absolute Gasteiger partial charge is 0.633 e. The predicted octanol–water partition coefficient (Wildman–Crippen LogP) is 3.25. The first-order chi connectivity index (χ1) is 7.87. The summed E-state index contributed by atoms with van der Waals surface area (Å²) in [6, 6.07) is 5.81. The zero-order valence-electron chi connectivity index (χ0n) is 10.4. The van der Waals surface area contributed by atoms with Gasteiger partial charge in [0.15, 0.2) is 0 Å². The van der Waals surface area contributed by atoms with Crippen LogP contribution in [0.2, 0.25) is 5.02 Å². The molecule has 0 spiro atoms. The van der Waals surface area contributed by atoms with E-state index in [2.05, 4.69) is 4.98 Å². The first kappa shape index (κ1) is 12.4. The van der Waals surface area contributed by atoms with Crippen molar-refractivity contribution in [3.63, 3.8) is 0 Å². The van der Waals surface area contributed by atoms with E-state index in [0.717, 1.165) is 28.0 Å². The molecule has 2 aromatic rings. The van der Waals surface area contributed by atoms with Gasteiger partial charge >= 0.3 is 0 Å². The van der Waals surface area contributed by atoms with E-state index in [-0.39, 0.29) is 4.65 Å². The fourth-order valence-corrected chi connectivity index (χ4v) is 2.23. The second-order valence-corrected chi connectivity index (χ2v) is 5.40. The summed E-state index contributed by atoms with van der Waals surface area (Å²) in [6.45, 7) is 2.61.